The minimum Gasteiger partial charge on any atom is -0.339 e. The van der Waals surface area contributed by atoms with E-state index in [0.29, 0.717) is 18.8 Å². The lowest BCUT2D eigenvalue weighted by molar-refractivity contribution is 0.0793. The first-order chi connectivity index (χ1) is 12.3. The largest absolute Gasteiger partial charge is 0.339 e. The topological polar surface area (TPSA) is 66.5 Å². The molecule has 5 nitrogen and oxygen atoms in total. The Balaban J connectivity index is 1.98. The van der Waals surface area contributed by atoms with Crippen molar-refractivity contribution in [1.29, 1.82) is 0 Å². The van der Waals surface area contributed by atoms with Gasteiger partial charge in [-0.3, -0.25) is 9.52 Å². The lowest BCUT2D eigenvalue weighted by Crippen LogP contribution is -2.28. The molecule has 1 aliphatic rings. The second kappa shape index (κ2) is 7.47. The Labute approximate surface area is 163 Å². The molecule has 1 heterocycles. The number of aryl methyl sites for hydroxylation is 1. The van der Waals surface area contributed by atoms with E-state index in [1.54, 1.807) is 23.1 Å². The van der Waals surface area contributed by atoms with Gasteiger partial charge in [-0.15, -0.1) is 0 Å². The van der Waals surface area contributed by atoms with Crippen molar-refractivity contribution in [2.24, 2.45) is 0 Å². The summed E-state index contributed by atoms with van der Waals surface area (Å²) in [6.07, 6.45) is 1.86. The van der Waals surface area contributed by atoms with Crippen molar-refractivity contribution in [1.82, 2.24) is 4.90 Å². The summed E-state index contributed by atoms with van der Waals surface area (Å²) in [6.45, 7) is 3.14. The molecular formula is C18H18Cl2N2O3S. The van der Waals surface area contributed by atoms with E-state index in [1.807, 2.05) is 13.0 Å². The van der Waals surface area contributed by atoms with Crippen molar-refractivity contribution in [3.05, 3.63) is 57.6 Å². The minimum absolute atomic E-state index is 0.0341. The number of carbonyl (C=O) groups excluding carboxylic acids is 1. The highest BCUT2D eigenvalue weighted by atomic mass is 35.5. The summed E-state index contributed by atoms with van der Waals surface area (Å²) >= 11 is 12.3. The number of likely N-dealkylation sites (tertiary alicyclic amines) is 1. The van der Waals surface area contributed by atoms with E-state index in [0.717, 1.165) is 18.4 Å². The molecule has 1 N–H and O–H groups in total. The van der Waals surface area contributed by atoms with Gasteiger partial charge in [0, 0.05) is 18.8 Å². The molecule has 0 aliphatic carbocycles. The summed E-state index contributed by atoms with van der Waals surface area (Å²) in [6, 6.07) is 9.52. The molecule has 0 aromatic heterocycles. The molecule has 0 radical (unpaired) electrons. The first-order valence-corrected chi connectivity index (χ1v) is 10.4. The van der Waals surface area contributed by atoms with Gasteiger partial charge in [-0.1, -0.05) is 35.3 Å². The van der Waals surface area contributed by atoms with Crippen LogP contribution in [0.3, 0.4) is 0 Å². The first-order valence-electron chi connectivity index (χ1n) is 8.16. The second-order valence-electron chi connectivity index (χ2n) is 6.24. The number of anilines is 1. The van der Waals surface area contributed by atoms with Crippen molar-refractivity contribution in [2.45, 2.75) is 24.7 Å². The second-order valence-corrected chi connectivity index (χ2v) is 8.70. The van der Waals surface area contributed by atoms with E-state index in [4.69, 9.17) is 23.2 Å². The highest BCUT2D eigenvalue weighted by Gasteiger charge is 2.26. The average molecular weight is 413 g/mol. The molecule has 26 heavy (non-hydrogen) atoms. The lowest BCUT2D eigenvalue weighted by atomic mass is 10.2. The predicted molar refractivity (Wildman–Crippen MR) is 104 cm³/mol. The van der Waals surface area contributed by atoms with Gasteiger partial charge in [-0.2, -0.15) is 0 Å². The fourth-order valence-electron chi connectivity index (χ4n) is 2.91. The molecule has 0 unspecified atom stereocenters. The maximum atomic E-state index is 12.8. The van der Waals surface area contributed by atoms with E-state index < -0.39 is 10.0 Å². The van der Waals surface area contributed by atoms with Gasteiger partial charge in [0.05, 0.1) is 15.6 Å². The molecular weight excluding hydrogens is 395 g/mol. The Morgan fingerprint density at radius 2 is 1.77 bits per heavy atom. The van der Waals surface area contributed by atoms with Crippen LogP contribution < -0.4 is 4.72 Å². The molecule has 0 spiro atoms. The third kappa shape index (κ3) is 3.98. The summed E-state index contributed by atoms with van der Waals surface area (Å²) in [5.74, 6) is -0.281. The monoisotopic (exact) mass is 412 g/mol. The Morgan fingerprint density at radius 1 is 1.08 bits per heavy atom. The van der Waals surface area contributed by atoms with Gasteiger partial charge in [0.25, 0.3) is 15.9 Å². The molecule has 3 rings (SSSR count). The van der Waals surface area contributed by atoms with Gasteiger partial charge in [-0.25, -0.2) is 8.42 Å². The number of hydrogen-bond acceptors (Lipinski definition) is 3. The zero-order valence-corrected chi connectivity index (χ0v) is 16.5. The van der Waals surface area contributed by atoms with Crippen LogP contribution in [-0.4, -0.2) is 32.3 Å². The number of amides is 1. The van der Waals surface area contributed by atoms with Crippen LogP contribution in [0.5, 0.6) is 0 Å². The number of rotatable bonds is 4. The van der Waals surface area contributed by atoms with Crippen LogP contribution >= 0.6 is 23.2 Å². The first kappa shape index (κ1) is 19.0. The zero-order valence-electron chi connectivity index (χ0n) is 14.1. The Hall–Kier alpha value is -1.76. The third-order valence-electron chi connectivity index (χ3n) is 4.21. The SMILES string of the molecule is Cc1cccc(NS(=O)(=O)c2cc(C(=O)N3CCCC3)c(Cl)cc2Cl)c1. The van der Waals surface area contributed by atoms with Gasteiger partial charge in [0.1, 0.15) is 4.90 Å². The maximum Gasteiger partial charge on any atom is 0.263 e. The van der Waals surface area contributed by atoms with Gasteiger partial charge in [-0.05, 0) is 49.6 Å². The Morgan fingerprint density at radius 3 is 2.42 bits per heavy atom. The van der Waals surface area contributed by atoms with Crippen LogP contribution in [-0.2, 0) is 10.0 Å². The zero-order chi connectivity index (χ0) is 18.9. The Kier molecular flexibility index (Phi) is 5.46. The minimum atomic E-state index is -3.97. The van der Waals surface area contributed by atoms with Crippen LogP contribution in [0.1, 0.15) is 28.8 Å². The smallest absolute Gasteiger partial charge is 0.263 e. The third-order valence-corrected chi connectivity index (χ3v) is 6.36. The molecule has 1 aliphatic heterocycles. The van der Waals surface area contributed by atoms with Crippen molar-refractivity contribution in [2.75, 3.05) is 17.8 Å². The van der Waals surface area contributed by atoms with E-state index in [9.17, 15) is 13.2 Å². The van der Waals surface area contributed by atoms with Crippen LogP contribution in [0.25, 0.3) is 0 Å². The molecule has 1 fully saturated rings. The molecule has 0 atom stereocenters. The van der Waals surface area contributed by atoms with Crippen molar-refractivity contribution < 1.29 is 13.2 Å². The van der Waals surface area contributed by atoms with Crippen LogP contribution in [0.2, 0.25) is 10.0 Å². The molecule has 2 aromatic carbocycles. The van der Waals surface area contributed by atoms with Gasteiger partial charge in [0.15, 0.2) is 0 Å². The van der Waals surface area contributed by atoms with E-state index >= 15 is 0 Å². The highest BCUT2D eigenvalue weighted by Crippen LogP contribution is 2.31. The Bertz CT molecular complexity index is 955. The van der Waals surface area contributed by atoms with E-state index in [1.165, 1.54) is 12.1 Å². The highest BCUT2D eigenvalue weighted by molar-refractivity contribution is 7.92. The molecule has 1 saturated heterocycles. The molecule has 138 valence electrons. The fourth-order valence-corrected chi connectivity index (χ4v) is 4.81. The number of hydrogen-bond donors (Lipinski definition) is 1. The number of sulfonamides is 1. The number of benzene rings is 2. The lowest BCUT2D eigenvalue weighted by Gasteiger charge is -2.17. The fraction of sp³-hybridized carbons (Fsp3) is 0.278. The molecule has 1 amide bonds. The summed E-state index contributed by atoms with van der Waals surface area (Å²) in [5, 5.41) is 0.106. The molecule has 0 saturated carbocycles. The van der Waals surface area contributed by atoms with Crippen molar-refractivity contribution in [3.63, 3.8) is 0 Å². The van der Waals surface area contributed by atoms with Crippen LogP contribution in [0.4, 0.5) is 5.69 Å². The molecule has 8 heteroatoms. The van der Waals surface area contributed by atoms with Crippen molar-refractivity contribution in [3.8, 4) is 0 Å². The maximum absolute atomic E-state index is 12.8. The summed E-state index contributed by atoms with van der Waals surface area (Å²) in [4.78, 5) is 14.1. The van der Waals surface area contributed by atoms with Crippen molar-refractivity contribution >= 4 is 44.8 Å². The van der Waals surface area contributed by atoms with E-state index in [-0.39, 0.29) is 26.4 Å². The standard InChI is InChI=1S/C18H18Cl2N2O3S/c1-12-5-4-6-13(9-12)21-26(24,25)17-10-14(15(19)11-16(17)20)18(23)22-7-2-3-8-22/h4-6,9-11,21H,2-3,7-8H2,1H3. The number of carbonyl (C=O) groups is 1. The quantitative estimate of drug-likeness (QED) is 0.811. The molecule has 0 bridgehead atoms. The van der Waals surface area contributed by atoms with Gasteiger partial charge < -0.3 is 4.90 Å². The van der Waals surface area contributed by atoms with Crippen LogP contribution in [0.15, 0.2) is 41.3 Å². The number of nitrogens with one attached hydrogen (secondary N) is 1. The molecule has 2 aromatic rings. The summed E-state index contributed by atoms with van der Waals surface area (Å²) in [7, 11) is -3.97. The van der Waals surface area contributed by atoms with Gasteiger partial charge >= 0.3 is 0 Å². The normalized spacial score (nSPS) is 14.5. The summed E-state index contributed by atoms with van der Waals surface area (Å²) in [5.41, 5.74) is 1.48. The number of nitrogens with zero attached hydrogens (tertiary/aromatic N) is 1. The van der Waals surface area contributed by atoms with Gasteiger partial charge in [0.2, 0.25) is 0 Å². The van der Waals surface area contributed by atoms with E-state index in [2.05, 4.69) is 4.72 Å². The summed E-state index contributed by atoms with van der Waals surface area (Å²) < 4.78 is 28.0. The number of halogens is 2. The average Bonchev–Trinajstić information content (AvgIpc) is 3.08. The predicted octanol–water partition coefficient (Wildman–Crippen LogP) is 4.34. The van der Waals surface area contributed by atoms with Crippen LogP contribution in [0, 0.1) is 6.92 Å².